The fraction of sp³-hybridized carbons (Fsp3) is 0.364. The van der Waals surface area contributed by atoms with Crippen LogP contribution < -0.4 is 10.6 Å². The number of aryl methyl sites for hydroxylation is 1. The summed E-state index contributed by atoms with van der Waals surface area (Å²) in [6.07, 6.45) is 4.40. The van der Waals surface area contributed by atoms with Gasteiger partial charge in [0.15, 0.2) is 0 Å². The Bertz CT molecular complexity index is 1020. The molecule has 0 aliphatic rings. The topological polar surface area (TPSA) is 95.6 Å². The van der Waals surface area contributed by atoms with Crippen molar-refractivity contribution in [2.24, 2.45) is 0 Å². The predicted octanol–water partition coefficient (Wildman–Crippen LogP) is 3.32. The second-order valence-corrected chi connectivity index (χ2v) is 7.97. The summed E-state index contributed by atoms with van der Waals surface area (Å²) >= 11 is 0. The number of hydrogen-bond donors (Lipinski definition) is 3. The maximum Gasteiger partial charge on any atom is 0.289 e. The van der Waals surface area contributed by atoms with E-state index in [1.54, 1.807) is 12.3 Å². The van der Waals surface area contributed by atoms with Gasteiger partial charge in [0.2, 0.25) is 5.82 Å². The molecule has 0 bridgehead atoms. The van der Waals surface area contributed by atoms with Gasteiger partial charge in [-0.15, -0.1) is 0 Å². The number of nitrogens with one attached hydrogen (secondary N) is 3. The quantitative estimate of drug-likeness (QED) is 0.529. The Labute approximate surface area is 175 Å². The molecule has 2 aromatic heterocycles. The minimum Gasteiger partial charge on any atom is -0.369 e. The zero-order chi connectivity index (χ0) is 21.7. The third-order valence-electron chi connectivity index (χ3n) is 5.15. The summed E-state index contributed by atoms with van der Waals surface area (Å²) < 4.78 is 13.6. The van der Waals surface area contributed by atoms with Crippen molar-refractivity contribution in [3.05, 3.63) is 70.7 Å². The lowest BCUT2D eigenvalue weighted by Gasteiger charge is -2.25. The molecule has 3 aromatic rings. The molecule has 0 atom stereocenters. The van der Waals surface area contributed by atoms with Gasteiger partial charge in [-0.2, -0.15) is 5.10 Å². The van der Waals surface area contributed by atoms with Gasteiger partial charge in [-0.3, -0.25) is 9.89 Å². The maximum atomic E-state index is 13.6. The van der Waals surface area contributed by atoms with Crippen molar-refractivity contribution in [3.63, 3.8) is 0 Å². The van der Waals surface area contributed by atoms with Crippen LogP contribution >= 0.6 is 0 Å². The Morgan fingerprint density at radius 3 is 2.73 bits per heavy atom. The Morgan fingerprint density at radius 2 is 2.03 bits per heavy atom. The molecule has 0 unspecified atom stereocenters. The number of benzene rings is 1. The number of aromatic nitrogens is 4. The summed E-state index contributed by atoms with van der Waals surface area (Å²) in [4.78, 5) is 21.5. The van der Waals surface area contributed by atoms with Crippen molar-refractivity contribution in [1.29, 1.82) is 0 Å². The molecule has 1 amide bonds. The first-order chi connectivity index (χ1) is 14.3. The Balaban J connectivity index is 1.67. The molecule has 8 heteroatoms. The van der Waals surface area contributed by atoms with Crippen LogP contribution in [0.4, 0.5) is 10.2 Å². The molecule has 30 heavy (non-hydrogen) atoms. The molecular formula is C22H27FN6O. The van der Waals surface area contributed by atoms with E-state index in [2.05, 4.69) is 30.8 Å². The molecule has 2 heterocycles. The summed E-state index contributed by atoms with van der Waals surface area (Å²) in [6.45, 7) is 8.66. The lowest BCUT2D eigenvalue weighted by Crippen LogP contribution is -2.37. The molecule has 0 saturated heterocycles. The van der Waals surface area contributed by atoms with Gasteiger partial charge in [-0.1, -0.05) is 26.0 Å². The second-order valence-electron chi connectivity index (χ2n) is 7.97. The molecule has 3 rings (SSSR count). The molecule has 0 radical (unpaired) electrons. The van der Waals surface area contributed by atoms with Gasteiger partial charge in [0, 0.05) is 36.0 Å². The average molecular weight is 410 g/mol. The van der Waals surface area contributed by atoms with Crippen molar-refractivity contribution in [2.75, 3.05) is 18.4 Å². The van der Waals surface area contributed by atoms with Crippen LogP contribution in [0.2, 0.25) is 0 Å². The highest BCUT2D eigenvalue weighted by Gasteiger charge is 2.23. The van der Waals surface area contributed by atoms with E-state index >= 15 is 0 Å². The van der Waals surface area contributed by atoms with Crippen LogP contribution in [-0.4, -0.2) is 39.2 Å². The van der Waals surface area contributed by atoms with E-state index < -0.39 is 5.41 Å². The highest BCUT2D eigenvalue weighted by Crippen LogP contribution is 2.23. The van der Waals surface area contributed by atoms with Gasteiger partial charge in [-0.05, 0) is 43.5 Å². The minimum absolute atomic E-state index is 0.110. The van der Waals surface area contributed by atoms with E-state index in [1.807, 2.05) is 40.0 Å². The van der Waals surface area contributed by atoms with Crippen molar-refractivity contribution < 1.29 is 9.18 Å². The number of aromatic amines is 1. The maximum absolute atomic E-state index is 13.6. The number of rotatable bonds is 8. The molecule has 158 valence electrons. The number of anilines is 1. The van der Waals surface area contributed by atoms with E-state index in [1.165, 1.54) is 12.1 Å². The van der Waals surface area contributed by atoms with Crippen molar-refractivity contribution >= 4 is 11.7 Å². The van der Waals surface area contributed by atoms with Crippen LogP contribution in [0.5, 0.6) is 0 Å². The molecule has 0 saturated carbocycles. The van der Waals surface area contributed by atoms with Crippen LogP contribution in [-0.2, 0) is 11.8 Å². The van der Waals surface area contributed by atoms with Gasteiger partial charge < -0.3 is 10.6 Å². The number of amides is 1. The SMILES string of the molecule is Cc1nc(C(=O)NCC(C)(C)c2cccc(F)c2)nc(NCCc2cn[nH]c2)c1C. The normalized spacial score (nSPS) is 11.4. The zero-order valence-electron chi connectivity index (χ0n) is 17.7. The average Bonchev–Trinajstić information content (AvgIpc) is 3.22. The Morgan fingerprint density at radius 1 is 1.23 bits per heavy atom. The fourth-order valence-electron chi connectivity index (χ4n) is 3.03. The monoisotopic (exact) mass is 410 g/mol. The van der Waals surface area contributed by atoms with Crippen LogP contribution in [0.25, 0.3) is 0 Å². The van der Waals surface area contributed by atoms with E-state index in [9.17, 15) is 9.18 Å². The van der Waals surface area contributed by atoms with Crippen LogP contribution in [0.3, 0.4) is 0 Å². The number of carbonyl (C=O) groups is 1. The smallest absolute Gasteiger partial charge is 0.289 e. The van der Waals surface area contributed by atoms with Gasteiger partial charge in [0.05, 0.1) is 6.20 Å². The number of nitrogens with zero attached hydrogens (tertiary/aromatic N) is 3. The molecule has 0 aliphatic heterocycles. The van der Waals surface area contributed by atoms with Gasteiger partial charge in [0.1, 0.15) is 11.6 Å². The fourth-order valence-corrected chi connectivity index (χ4v) is 3.03. The van der Waals surface area contributed by atoms with Gasteiger partial charge >= 0.3 is 0 Å². The molecule has 0 spiro atoms. The van der Waals surface area contributed by atoms with Crippen molar-refractivity contribution in [3.8, 4) is 0 Å². The first-order valence-corrected chi connectivity index (χ1v) is 9.87. The summed E-state index contributed by atoms with van der Waals surface area (Å²) in [5.74, 6) is 0.0930. The Hall–Kier alpha value is -3.29. The van der Waals surface area contributed by atoms with Crippen LogP contribution in [0, 0.1) is 19.7 Å². The molecule has 7 nitrogen and oxygen atoms in total. The van der Waals surface area contributed by atoms with Crippen LogP contribution in [0.1, 0.15) is 46.9 Å². The van der Waals surface area contributed by atoms with E-state index in [-0.39, 0.29) is 17.5 Å². The van der Waals surface area contributed by atoms with E-state index in [0.717, 1.165) is 28.8 Å². The molecule has 0 aliphatic carbocycles. The van der Waals surface area contributed by atoms with Gasteiger partial charge in [0.25, 0.3) is 5.91 Å². The summed E-state index contributed by atoms with van der Waals surface area (Å²) in [7, 11) is 0. The second kappa shape index (κ2) is 9.02. The number of halogens is 1. The molecule has 3 N–H and O–H groups in total. The highest BCUT2D eigenvalue weighted by atomic mass is 19.1. The number of carbonyl (C=O) groups excluding carboxylic acids is 1. The third kappa shape index (κ3) is 5.20. The zero-order valence-corrected chi connectivity index (χ0v) is 17.7. The number of H-pyrrole nitrogens is 1. The van der Waals surface area contributed by atoms with Crippen molar-refractivity contribution in [1.82, 2.24) is 25.5 Å². The Kier molecular flexibility index (Phi) is 6.44. The van der Waals surface area contributed by atoms with E-state index in [0.29, 0.717) is 18.9 Å². The van der Waals surface area contributed by atoms with E-state index in [4.69, 9.17) is 0 Å². The first-order valence-electron chi connectivity index (χ1n) is 9.87. The summed E-state index contributed by atoms with van der Waals surface area (Å²) in [5.41, 5.74) is 3.10. The summed E-state index contributed by atoms with van der Waals surface area (Å²) in [6, 6.07) is 6.41. The highest BCUT2D eigenvalue weighted by molar-refractivity contribution is 5.91. The summed E-state index contributed by atoms with van der Waals surface area (Å²) in [5, 5.41) is 12.9. The number of hydrogen-bond acceptors (Lipinski definition) is 5. The predicted molar refractivity (Wildman–Crippen MR) is 114 cm³/mol. The third-order valence-corrected chi connectivity index (χ3v) is 5.15. The van der Waals surface area contributed by atoms with Crippen molar-refractivity contribution in [2.45, 2.75) is 39.5 Å². The lowest BCUT2D eigenvalue weighted by atomic mass is 9.84. The largest absolute Gasteiger partial charge is 0.369 e. The minimum atomic E-state index is -0.441. The van der Waals surface area contributed by atoms with Crippen LogP contribution in [0.15, 0.2) is 36.7 Å². The lowest BCUT2D eigenvalue weighted by molar-refractivity contribution is 0.0935. The standard InChI is InChI=1S/C22H27FN6O/c1-14-15(2)28-20(29-19(14)24-9-8-16-11-26-27-12-16)21(30)25-13-22(3,4)17-6-5-7-18(23)10-17/h5-7,10-12H,8-9,13H2,1-4H3,(H,25,30)(H,26,27)(H,24,28,29). The molecule has 1 aromatic carbocycles. The molecule has 0 fully saturated rings. The first kappa shape index (κ1) is 21.4. The molecular weight excluding hydrogens is 383 g/mol. The van der Waals surface area contributed by atoms with Gasteiger partial charge in [-0.25, -0.2) is 14.4 Å².